The lowest BCUT2D eigenvalue weighted by molar-refractivity contribution is 0.0950. The Kier molecular flexibility index (Phi) is 5.92. The average Bonchev–Trinajstić information content (AvgIpc) is 3.15. The Morgan fingerprint density at radius 2 is 1.93 bits per heavy atom. The maximum absolute atomic E-state index is 12.6. The van der Waals surface area contributed by atoms with E-state index in [4.69, 9.17) is 0 Å². The van der Waals surface area contributed by atoms with Crippen molar-refractivity contribution in [2.24, 2.45) is 0 Å². The van der Waals surface area contributed by atoms with Gasteiger partial charge in [-0.3, -0.25) is 9.52 Å². The molecular formula is C21H21BrN4O3S. The van der Waals surface area contributed by atoms with Gasteiger partial charge in [0.15, 0.2) is 0 Å². The fourth-order valence-corrected chi connectivity index (χ4v) is 4.70. The minimum absolute atomic E-state index is 0.143. The van der Waals surface area contributed by atoms with E-state index in [9.17, 15) is 13.2 Å². The average molecular weight is 489 g/mol. The molecule has 3 aromatic rings. The first kappa shape index (κ1) is 20.6. The molecule has 0 saturated heterocycles. The molecule has 7 nitrogen and oxygen atoms in total. The van der Waals surface area contributed by atoms with Crippen molar-refractivity contribution in [2.45, 2.75) is 37.2 Å². The predicted molar refractivity (Wildman–Crippen MR) is 118 cm³/mol. The first-order chi connectivity index (χ1) is 14.4. The lowest BCUT2D eigenvalue weighted by Crippen LogP contribution is -2.23. The van der Waals surface area contributed by atoms with Gasteiger partial charge in [-0.1, -0.05) is 22.0 Å². The number of benzene rings is 2. The van der Waals surface area contributed by atoms with Crippen LogP contribution in [-0.2, 0) is 29.5 Å². The molecule has 1 amide bonds. The van der Waals surface area contributed by atoms with Gasteiger partial charge < -0.3 is 9.88 Å². The second kappa shape index (κ2) is 8.61. The molecule has 4 rings (SSSR count). The number of fused-ring (bicyclic) bond motifs is 1. The van der Waals surface area contributed by atoms with Crippen molar-refractivity contribution in [3.05, 3.63) is 76.3 Å². The molecule has 0 fully saturated rings. The highest BCUT2D eigenvalue weighted by Gasteiger charge is 2.16. The summed E-state index contributed by atoms with van der Waals surface area (Å²) in [4.78, 5) is 17.3. The van der Waals surface area contributed by atoms with E-state index in [2.05, 4.69) is 35.5 Å². The Bertz CT molecular complexity index is 1150. The lowest BCUT2D eigenvalue weighted by Gasteiger charge is -2.11. The van der Waals surface area contributed by atoms with Crippen LogP contribution in [0.3, 0.4) is 0 Å². The van der Waals surface area contributed by atoms with Crippen LogP contribution in [0.4, 0.5) is 5.69 Å². The van der Waals surface area contributed by atoms with Crippen molar-refractivity contribution >= 4 is 37.5 Å². The number of rotatable bonds is 6. The highest BCUT2D eigenvalue weighted by Crippen LogP contribution is 2.20. The molecule has 0 atom stereocenters. The van der Waals surface area contributed by atoms with Crippen molar-refractivity contribution in [1.82, 2.24) is 14.9 Å². The van der Waals surface area contributed by atoms with Crippen LogP contribution in [0, 0.1) is 0 Å². The van der Waals surface area contributed by atoms with E-state index in [0.717, 1.165) is 41.8 Å². The molecule has 0 spiro atoms. The Morgan fingerprint density at radius 1 is 1.13 bits per heavy atom. The SMILES string of the molecule is O=C(NCc1cn2c(n1)CCCC2)c1cccc(NS(=O)(=O)c2ccc(Br)cc2)c1. The number of aryl methyl sites for hydroxylation is 2. The highest BCUT2D eigenvalue weighted by molar-refractivity contribution is 9.10. The van der Waals surface area contributed by atoms with Crippen LogP contribution in [-0.4, -0.2) is 23.9 Å². The molecule has 30 heavy (non-hydrogen) atoms. The first-order valence-corrected chi connectivity index (χ1v) is 11.9. The smallest absolute Gasteiger partial charge is 0.261 e. The molecule has 9 heteroatoms. The minimum Gasteiger partial charge on any atom is -0.346 e. The number of anilines is 1. The molecule has 2 heterocycles. The third-order valence-corrected chi connectivity index (χ3v) is 6.82. The van der Waals surface area contributed by atoms with Gasteiger partial charge in [-0.15, -0.1) is 0 Å². The van der Waals surface area contributed by atoms with Crippen LogP contribution in [0.5, 0.6) is 0 Å². The lowest BCUT2D eigenvalue weighted by atomic mass is 10.2. The van der Waals surface area contributed by atoms with E-state index in [-0.39, 0.29) is 10.8 Å². The zero-order valence-corrected chi connectivity index (χ0v) is 18.5. The topological polar surface area (TPSA) is 93.1 Å². The Hall–Kier alpha value is -2.65. The number of nitrogens with zero attached hydrogens (tertiary/aromatic N) is 2. The molecule has 1 aromatic heterocycles. The highest BCUT2D eigenvalue weighted by atomic mass is 79.9. The van der Waals surface area contributed by atoms with Gasteiger partial charge in [0.1, 0.15) is 5.82 Å². The van der Waals surface area contributed by atoms with Gasteiger partial charge in [-0.05, 0) is 55.3 Å². The van der Waals surface area contributed by atoms with Gasteiger partial charge >= 0.3 is 0 Å². The predicted octanol–water partition coefficient (Wildman–Crippen LogP) is 3.71. The second-order valence-electron chi connectivity index (χ2n) is 7.12. The molecule has 2 aromatic carbocycles. The Balaban J connectivity index is 1.42. The van der Waals surface area contributed by atoms with Crippen molar-refractivity contribution < 1.29 is 13.2 Å². The van der Waals surface area contributed by atoms with Gasteiger partial charge in [0.25, 0.3) is 15.9 Å². The van der Waals surface area contributed by atoms with E-state index in [1.54, 1.807) is 30.3 Å². The van der Waals surface area contributed by atoms with E-state index < -0.39 is 10.0 Å². The van der Waals surface area contributed by atoms with Gasteiger partial charge in [-0.25, -0.2) is 13.4 Å². The number of halogens is 1. The van der Waals surface area contributed by atoms with Crippen LogP contribution >= 0.6 is 15.9 Å². The number of sulfonamides is 1. The minimum atomic E-state index is -3.75. The van der Waals surface area contributed by atoms with Crippen LogP contribution in [0.1, 0.15) is 34.7 Å². The van der Waals surface area contributed by atoms with E-state index >= 15 is 0 Å². The maximum Gasteiger partial charge on any atom is 0.261 e. The number of hydrogen-bond donors (Lipinski definition) is 2. The van der Waals surface area contributed by atoms with Crippen molar-refractivity contribution in [3.63, 3.8) is 0 Å². The quantitative estimate of drug-likeness (QED) is 0.552. The molecule has 1 aliphatic heterocycles. The second-order valence-corrected chi connectivity index (χ2v) is 9.72. The van der Waals surface area contributed by atoms with Crippen molar-refractivity contribution in [1.29, 1.82) is 0 Å². The molecule has 156 valence electrons. The van der Waals surface area contributed by atoms with E-state index in [1.807, 2.05) is 6.20 Å². The normalized spacial score (nSPS) is 13.5. The number of nitrogens with one attached hydrogen (secondary N) is 2. The summed E-state index contributed by atoms with van der Waals surface area (Å²) in [5, 5.41) is 2.86. The van der Waals surface area contributed by atoms with E-state index in [1.165, 1.54) is 18.2 Å². The summed E-state index contributed by atoms with van der Waals surface area (Å²) in [5.41, 5.74) is 1.52. The molecule has 2 N–H and O–H groups in total. The molecule has 0 aliphatic carbocycles. The third-order valence-electron chi connectivity index (χ3n) is 4.89. The number of hydrogen-bond acceptors (Lipinski definition) is 4. The molecule has 1 aliphatic rings. The molecule has 0 saturated carbocycles. The molecule has 0 bridgehead atoms. The fourth-order valence-electron chi connectivity index (χ4n) is 3.38. The van der Waals surface area contributed by atoms with Crippen molar-refractivity contribution in [2.75, 3.05) is 4.72 Å². The number of imidazole rings is 1. The maximum atomic E-state index is 12.6. The van der Waals surface area contributed by atoms with E-state index in [0.29, 0.717) is 17.8 Å². The fraction of sp³-hybridized carbons (Fsp3) is 0.238. The summed E-state index contributed by atoms with van der Waals surface area (Å²) < 4.78 is 30.6. The number of aromatic nitrogens is 2. The summed E-state index contributed by atoms with van der Waals surface area (Å²) in [7, 11) is -3.75. The summed E-state index contributed by atoms with van der Waals surface area (Å²) in [6.07, 6.45) is 5.25. The zero-order chi connectivity index (χ0) is 21.1. The monoisotopic (exact) mass is 488 g/mol. The first-order valence-electron chi connectivity index (χ1n) is 9.62. The van der Waals surface area contributed by atoms with Crippen LogP contribution < -0.4 is 10.0 Å². The Morgan fingerprint density at radius 3 is 2.70 bits per heavy atom. The van der Waals surface area contributed by atoms with Gasteiger partial charge in [0.05, 0.1) is 17.1 Å². The summed E-state index contributed by atoms with van der Waals surface area (Å²) in [5.74, 6) is 0.778. The largest absolute Gasteiger partial charge is 0.346 e. The van der Waals surface area contributed by atoms with Gasteiger partial charge in [0.2, 0.25) is 0 Å². The zero-order valence-electron chi connectivity index (χ0n) is 16.1. The van der Waals surface area contributed by atoms with Crippen LogP contribution in [0.15, 0.2) is 64.1 Å². The molecule has 0 unspecified atom stereocenters. The van der Waals surface area contributed by atoms with Gasteiger partial charge in [0, 0.05) is 34.9 Å². The Labute approximate surface area is 183 Å². The summed E-state index contributed by atoms with van der Waals surface area (Å²) >= 11 is 3.29. The van der Waals surface area contributed by atoms with Crippen LogP contribution in [0.2, 0.25) is 0 Å². The number of amides is 1. The number of carbonyl (C=O) groups excluding carboxylic acids is 1. The standard InChI is InChI=1S/C21H21BrN4O3S/c22-16-7-9-19(10-8-16)30(28,29)25-17-5-3-4-15(12-17)21(27)23-13-18-14-26-11-2-1-6-20(26)24-18/h3-5,7-10,12,14,25H,1-2,6,11,13H2,(H,23,27). The van der Waals surface area contributed by atoms with Gasteiger partial charge in [-0.2, -0.15) is 0 Å². The number of carbonyl (C=O) groups is 1. The third kappa shape index (κ3) is 4.73. The van der Waals surface area contributed by atoms with Crippen molar-refractivity contribution in [3.8, 4) is 0 Å². The molecule has 0 radical (unpaired) electrons. The summed E-state index contributed by atoms with van der Waals surface area (Å²) in [6, 6.07) is 12.7. The van der Waals surface area contributed by atoms with Crippen LogP contribution in [0.25, 0.3) is 0 Å². The summed E-state index contributed by atoms with van der Waals surface area (Å²) in [6.45, 7) is 1.30. The molecular weight excluding hydrogens is 468 g/mol.